The lowest BCUT2D eigenvalue weighted by Gasteiger charge is -2.21. The number of alkyl halides is 1. The third-order valence-electron chi connectivity index (χ3n) is 2.90. The number of carbonyl (C=O) groups excluding carboxylic acids is 1. The summed E-state index contributed by atoms with van der Waals surface area (Å²) >= 11 is 9.15. The van der Waals surface area contributed by atoms with Gasteiger partial charge in [-0.3, -0.25) is 14.9 Å². The van der Waals surface area contributed by atoms with Gasteiger partial charge in [0.05, 0.1) is 4.92 Å². The van der Waals surface area contributed by atoms with Gasteiger partial charge in [-0.25, -0.2) is 0 Å². The Bertz CT molecular complexity index is 508. The van der Waals surface area contributed by atoms with E-state index < -0.39 is 4.92 Å². The molecule has 20 heavy (non-hydrogen) atoms. The van der Waals surface area contributed by atoms with E-state index in [9.17, 15) is 14.9 Å². The molecular formula is C13H16BrClN2O3. The first-order valence-electron chi connectivity index (χ1n) is 6.17. The van der Waals surface area contributed by atoms with Crippen LogP contribution in [0.1, 0.15) is 30.6 Å². The molecule has 0 radical (unpaired) electrons. The number of nitro groups is 1. The molecule has 7 heteroatoms. The van der Waals surface area contributed by atoms with Crippen molar-refractivity contribution < 1.29 is 9.72 Å². The van der Waals surface area contributed by atoms with Gasteiger partial charge in [0.15, 0.2) is 0 Å². The number of amides is 1. The molecule has 0 bridgehead atoms. The summed E-state index contributed by atoms with van der Waals surface area (Å²) in [6, 6.07) is 3.87. The number of nitrogens with zero attached hydrogens (tertiary/aromatic N) is 1. The Morgan fingerprint density at radius 3 is 2.60 bits per heavy atom. The lowest BCUT2D eigenvalue weighted by molar-refractivity contribution is -0.384. The van der Waals surface area contributed by atoms with Crippen molar-refractivity contribution in [3.8, 4) is 0 Å². The van der Waals surface area contributed by atoms with E-state index in [1.807, 2.05) is 13.8 Å². The van der Waals surface area contributed by atoms with Gasteiger partial charge in [-0.2, -0.15) is 0 Å². The quantitative estimate of drug-likeness (QED) is 0.475. The summed E-state index contributed by atoms with van der Waals surface area (Å²) in [5.41, 5.74) is 0.00802. The Morgan fingerprint density at radius 1 is 1.45 bits per heavy atom. The van der Waals surface area contributed by atoms with Crippen molar-refractivity contribution in [1.29, 1.82) is 0 Å². The first-order chi connectivity index (χ1) is 9.35. The van der Waals surface area contributed by atoms with Gasteiger partial charge in [0.25, 0.3) is 11.6 Å². The number of hydrogen-bond acceptors (Lipinski definition) is 3. The Balaban J connectivity index is 2.94. The van der Waals surface area contributed by atoms with Crippen LogP contribution in [0.5, 0.6) is 0 Å². The minimum atomic E-state index is -0.568. The van der Waals surface area contributed by atoms with E-state index in [0.29, 0.717) is 0 Å². The molecule has 0 saturated heterocycles. The molecule has 0 saturated carbocycles. The minimum Gasteiger partial charge on any atom is -0.349 e. The highest BCUT2D eigenvalue weighted by Crippen LogP contribution is 2.21. The van der Waals surface area contributed by atoms with Crippen LogP contribution in [0.15, 0.2) is 18.2 Å². The minimum absolute atomic E-state index is 0.0000808. The van der Waals surface area contributed by atoms with Crippen molar-refractivity contribution in [2.24, 2.45) is 5.92 Å². The van der Waals surface area contributed by atoms with E-state index in [1.54, 1.807) is 0 Å². The van der Waals surface area contributed by atoms with Gasteiger partial charge < -0.3 is 5.32 Å². The average Bonchev–Trinajstić information content (AvgIpc) is 2.37. The first kappa shape index (κ1) is 16.9. The van der Waals surface area contributed by atoms with Gasteiger partial charge in [0.1, 0.15) is 0 Å². The summed E-state index contributed by atoms with van der Waals surface area (Å²) in [6.07, 6.45) is 0.784. The summed E-state index contributed by atoms with van der Waals surface area (Å²) in [4.78, 5) is 22.4. The van der Waals surface area contributed by atoms with Gasteiger partial charge >= 0.3 is 0 Å². The molecule has 1 aromatic rings. The number of non-ortho nitro benzene ring substituents is 1. The van der Waals surface area contributed by atoms with Gasteiger partial charge in [-0.15, -0.1) is 0 Å². The van der Waals surface area contributed by atoms with Crippen LogP contribution in [0, 0.1) is 16.0 Å². The van der Waals surface area contributed by atoms with Crippen LogP contribution in [0.2, 0.25) is 5.02 Å². The molecule has 1 atom stereocenters. The summed E-state index contributed by atoms with van der Waals surface area (Å²) in [5, 5.41) is 14.6. The molecule has 0 aromatic heterocycles. The summed E-state index contributed by atoms with van der Waals surface area (Å²) in [5.74, 6) is -0.0825. The molecule has 5 nitrogen and oxygen atoms in total. The van der Waals surface area contributed by atoms with E-state index in [4.69, 9.17) is 11.6 Å². The second-order valence-electron chi connectivity index (χ2n) is 4.76. The second-order valence-corrected chi connectivity index (χ2v) is 5.99. The number of nitro benzene ring substituents is 1. The van der Waals surface area contributed by atoms with Crippen molar-refractivity contribution >= 4 is 39.1 Å². The summed E-state index contributed by atoms with van der Waals surface area (Å²) < 4.78 is 0. The number of benzene rings is 1. The molecule has 1 N–H and O–H groups in total. The van der Waals surface area contributed by atoms with Crippen LogP contribution in [0.25, 0.3) is 0 Å². The third-order valence-corrected chi connectivity index (χ3v) is 3.57. The molecule has 0 spiro atoms. The number of halogens is 2. The molecular weight excluding hydrogens is 348 g/mol. The lowest BCUT2D eigenvalue weighted by atomic mass is 10.0. The Hall–Kier alpha value is -1.14. The highest BCUT2D eigenvalue weighted by atomic mass is 79.9. The zero-order chi connectivity index (χ0) is 15.3. The van der Waals surface area contributed by atoms with Crippen molar-refractivity contribution in [3.63, 3.8) is 0 Å². The normalized spacial score (nSPS) is 12.2. The van der Waals surface area contributed by atoms with Crippen molar-refractivity contribution in [2.45, 2.75) is 26.3 Å². The summed E-state index contributed by atoms with van der Waals surface area (Å²) in [6.45, 7) is 4.02. The van der Waals surface area contributed by atoms with Gasteiger partial charge in [0.2, 0.25) is 0 Å². The highest BCUT2D eigenvalue weighted by molar-refractivity contribution is 9.09. The predicted molar refractivity (Wildman–Crippen MR) is 82.6 cm³/mol. The van der Waals surface area contributed by atoms with Crippen molar-refractivity contribution in [2.75, 3.05) is 5.33 Å². The van der Waals surface area contributed by atoms with Gasteiger partial charge in [-0.05, 0) is 18.4 Å². The molecule has 1 amide bonds. The number of nitrogens with one attached hydrogen (secondary N) is 1. The summed E-state index contributed by atoms with van der Waals surface area (Å²) in [7, 11) is 0. The van der Waals surface area contributed by atoms with Crippen molar-refractivity contribution in [1.82, 2.24) is 5.32 Å². The average molecular weight is 364 g/mol. The fourth-order valence-corrected chi connectivity index (χ4v) is 2.47. The Morgan fingerprint density at radius 2 is 2.10 bits per heavy atom. The fraction of sp³-hybridized carbons (Fsp3) is 0.462. The van der Waals surface area contributed by atoms with E-state index in [2.05, 4.69) is 21.2 Å². The Labute approximate surface area is 131 Å². The molecule has 1 aromatic carbocycles. The molecule has 110 valence electrons. The number of carbonyl (C=O) groups is 1. The van der Waals surface area contributed by atoms with Crippen LogP contribution in [0.4, 0.5) is 5.69 Å². The van der Waals surface area contributed by atoms with Crippen LogP contribution in [0.3, 0.4) is 0 Å². The highest BCUT2D eigenvalue weighted by Gasteiger charge is 2.19. The molecule has 1 rings (SSSR count). The largest absolute Gasteiger partial charge is 0.349 e. The van der Waals surface area contributed by atoms with Crippen LogP contribution in [-0.2, 0) is 0 Å². The van der Waals surface area contributed by atoms with Crippen LogP contribution >= 0.6 is 27.5 Å². The van der Waals surface area contributed by atoms with Gasteiger partial charge in [-0.1, -0.05) is 41.4 Å². The second kappa shape index (κ2) is 7.59. The standard InChI is InChI=1S/C13H16BrClN2O3/c1-8(2)12(3-4-14)16-13(18)9-5-10(15)7-11(6-9)17(19)20/h5-8,12H,3-4H2,1-2H3,(H,16,18). The maximum atomic E-state index is 12.2. The zero-order valence-corrected chi connectivity index (χ0v) is 13.6. The van der Waals surface area contributed by atoms with Gasteiger partial charge in [0, 0.05) is 34.1 Å². The van der Waals surface area contributed by atoms with Crippen molar-refractivity contribution in [3.05, 3.63) is 38.9 Å². The molecule has 0 aliphatic heterocycles. The predicted octanol–water partition coefficient (Wildman–Crippen LogP) is 3.79. The lowest BCUT2D eigenvalue weighted by Crippen LogP contribution is -2.38. The topological polar surface area (TPSA) is 72.2 Å². The first-order valence-corrected chi connectivity index (χ1v) is 7.67. The maximum Gasteiger partial charge on any atom is 0.271 e. The monoisotopic (exact) mass is 362 g/mol. The zero-order valence-electron chi connectivity index (χ0n) is 11.2. The maximum absolute atomic E-state index is 12.2. The van der Waals surface area contributed by atoms with Crippen LogP contribution < -0.4 is 5.32 Å². The molecule has 0 aliphatic rings. The number of rotatable bonds is 6. The molecule has 0 aliphatic carbocycles. The molecule has 1 unspecified atom stereocenters. The van der Waals surface area contributed by atoms with Crippen LogP contribution in [-0.4, -0.2) is 22.2 Å². The van der Waals surface area contributed by atoms with E-state index >= 15 is 0 Å². The Kier molecular flexibility index (Phi) is 6.42. The molecule has 0 fully saturated rings. The van der Waals surface area contributed by atoms with E-state index in [-0.39, 0.29) is 34.1 Å². The molecule has 0 heterocycles. The number of hydrogen-bond donors (Lipinski definition) is 1. The van der Waals surface area contributed by atoms with E-state index in [1.165, 1.54) is 18.2 Å². The third kappa shape index (κ3) is 4.76. The van der Waals surface area contributed by atoms with E-state index in [0.717, 1.165) is 11.8 Å². The smallest absolute Gasteiger partial charge is 0.271 e. The fourth-order valence-electron chi connectivity index (χ4n) is 1.75. The SMILES string of the molecule is CC(C)C(CCBr)NC(=O)c1cc(Cl)cc([N+](=O)[O-])c1.